The Bertz CT molecular complexity index is 1260. The SMILES string of the molecule is NS(O)(O)OCC1CC(F)C(Nc2ncncc2C(=O)c2cc(Cl)n(Cc3cccc(Br)c3)c2Cl)C1. The molecule has 1 aliphatic rings. The second-order valence-electron chi connectivity index (χ2n) is 8.43. The second-order valence-corrected chi connectivity index (χ2v) is 11.4. The van der Waals surface area contributed by atoms with Gasteiger partial charge in [-0.15, -0.1) is 0 Å². The van der Waals surface area contributed by atoms with E-state index >= 15 is 0 Å². The molecule has 3 aromatic rings. The number of rotatable bonds is 9. The van der Waals surface area contributed by atoms with E-state index in [0.29, 0.717) is 13.0 Å². The Kier molecular flexibility index (Phi) is 8.57. The van der Waals surface area contributed by atoms with Crippen molar-refractivity contribution in [1.29, 1.82) is 0 Å². The number of nitrogens with one attached hydrogen (secondary N) is 1. The molecule has 1 aliphatic carbocycles. The number of alkyl halides is 1. The molecule has 0 bridgehead atoms. The number of carbonyl (C=O) groups excluding carboxylic acids is 1. The van der Waals surface area contributed by atoms with Crippen LogP contribution >= 0.6 is 50.2 Å². The molecular formula is C22H23BrCl2FN5O4S. The lowest BCUT2D eigenvalue weighted by molar-refractivity contribution is 0.103. The number of halogens is 4. The first kappa shape index (κ1) is 27.3. The summed E-state index contributed by atoms with van der Waals surface area (Å²) in [4.78, 5) is 21.5. The predicted octanol–water partition coefficient (Wildman–Crippen LogP) is 5.71. The van der Waals surface area contributed by atoms with Gasteiger partial charge in [0.25, 0.3) is 0 Å². The highest BCUT2D eigenvalue weighted by molar-refractivity contribution is 9.10. The van der Waals surface area contributed by atoms with Crippen LogP contribution in [0.15, 0.2) is 47.3 Å². The van der Waals surface area contributed by atoms with Gasteiger partial charge in [-0.25, -0.2) is 19.5 Å². The number of carbonyl (C=O) groups is 1. The van der Waals surface area contributed by atoms with Gasteiger partial charge in [-0.1, -0.05) is 51.3 Å². The van der Waals surface area contributed by atoms with Crippen molar-refractivity contribution in [3.63, 3.8) is 0 Å². The van der Waals surface area contributed by atoms with Gasteiger partial charge in [0.15, 0.2) is 11.1 Å². The maximum absolute atomic E-state index is 14.7. The third-order valence-electron chi connectivity index (χ3n) is 5.79. The van der Waals surface area contributed by atoms with Crippen LogP contribution in [-0.4, -0.2) is 48.2 Å². The van der Waals surface area contributed by atoms with E-state index in [4.69, 9.17) is 32.5 Å². The molecule has 0 radical (unpaired) electrons. The standard InChI is InChI=1S/C22H23BrCl2FN5O4S/c23-14-3-1-2-12(4-14)9-31-19(24)7-15(21(31)25)20(32)16-8-28-11-29-22(16)30-18-6-13(5-17(18)26)10-35-36(27,33)34/h1-4,7-8,11,13,17-18,33-34H,5-6,9-10,27H2,(H,28,29,30). The molecule has 0 saturated heterocycles. The fourth-order valence-electron chi connectivity index (χ4n) is 4.12. The number of nitrogens with two attached hydrogens (primary N) is 1. The minimum Gasteiger partial charge on any atom is -0.364 e. The van der Waals surface area contributed by atoms with Crippen molar-refractivity contribution in [1.82, 2.24) is 14.5 Å². The highest BCUT2D eigenvalue weighted by Crippen LogP contribution is 2.37. The predicted molar refractivity (Wildman–Crippen MR) is 141 cm³/mol. The van der Waals surface area contributed by atoms with Crippen LogP contribution in [-0.2, 0) is 10.7 Å². The Morgan fingerprint density at radius 2 is 2.08 bits per heavy atom. The van der Waals surface area contributed by atoms with E-state index in [1.54, 1.807) is 4.57 Å². The van der Waals surface area contributed by atoms with E-state index in [-0.39, 0.29) is 46.2 Å². The van der Waals surface area contributed by atoms with Crippen LogP contribution in [0.1, 0.15) is 34.3 Å². The average Bonchev–Trinajstić information content (AvgIpc) is 3.31. The summed E-state index contributed by atoms with van der Waals surface area (Å²) in [6, 6.07) is 8.41. The van der Waals surface area contributed by atoms with E-state index in [9.17, 15) is 18.3 Å². The summed E-state index contributed by atoms with van der Waals surface area (Å²) in [5.74, 6) is -0.615. The lowest BCUT2D eigenvalue weighted by Crippen LogP contribution is -2.27. The summed E-state index contributed by atoms with van der Waals surface area (Å²) in [5.41, 5.74) is 1.20. The van der Waals surface area contributed by atoms with Crippen LogP contribution in [0.4, 0.5) is 10.2 Å². The fourth-order valence-corrected chi connectivity index (χ4v) is 5.54. The van der Waals surface area contributed by atoms with Gasteiger partial charge in [0.1, 0.15) is 28.6 Å². The molecule has 4 rings (SSSR count). The largest absolute Gasteiger partial charge is 0.364 e. The molecule has 14 heteroatoms. The third-order valence-corrected chi connectivity index (χ3v) is 7.49. The number of nitrogens with zero attached hydrogens (tertiary/aromatic N) is 3. The van der Waals surface area contributed by atoms with Crippen LogP contribution in [0.2, 0.25) is 10.3 Å². The van der Waals surface area contributed by atoms with Crippen LogP contribution in [0, 0.1) is 5.92 Å². The Morgan fingerprint density at radius 1 is 1.31 bits per heavy atom. The molecule has 1 aromatic carbocycles. The summed E-state index contributed by atoms with van der Waals surface area (Å²) in [6.07, 6.45) is 1.74. The lowest BCUT2D eigenvalue weighted by Gasteiger charge is -2.22. The Labute approximate surface area is 227 Å². The first-order chi connectivity index (χ1) is 17.0. The van der Waals surface area contributed by atoms with E-state index in [2.05, 4.69) is 31.2 Å². The van der Waals surface area contributed by atoms with Crippen molar-refractivity contribution in [2.24, 2.45) is 11.1 Å². The van der Waals surface area contributed by atoms with E-state index in [1.807, 2.05) is 24.3 Å². The highest BCUT2D eigenvalue weighted by atomic mass is 79.9. The molecule has 2 heterocycles. The van der Waals surface area contributed by atoms with Gasteiger partial charge in [-0.2, -0.15) is 0 Å². The number of aromatic nitrogens is 3. The van der Waals surface area contributed by atoms with Crippen molar-refractivity contribution in [3.8, 4) is 0 Å². The van der Waals surface area contributed by atoms with Crippen LogP contribution < -0.4 is 10.5 Å². The minimum absolute atomic E-state index is 0.105. The van der Waals surface area contributed by atoms with Crippen molar-refractivity contribution >= 4 is 61.8 Å². The summed E-state index contributed by atoms with van der Waals surface area (Å²) in [6.45, 7) is 0.246. The molecule has 2 aromatic heterocycles. The van der Waals surface area contributed by atoms with Crippen LogP contribution in [0.3, 0.4) is 0 Å². The molecule has 3 unspecified atom stereocenters. The number of hydrogen-bond acceptors (Lipinski definition) is 8. The zero-order valence-electron chi connectivity index (χ0n) is 18.7. The van der Waals surface area contributed by atoms with Gasteiger partial charge in [-0.05, 0) is 42.5 Å². The van der Waals surface area contributed by atoms with Crippen molar-refractivity contribution in [3.05, 3.63) is 74.3 Å². The number of ketones is 1. The van der Waals surface area contributed by atoms with Gasteiger partial charge in [0.2, 0.25) is 5.78 Å². The average molecular weight is 623 g/mol. The number of hydrogen-bond donors (Lipinski definition) is 4. The molecule has 5 N–H and O–H groups in total. The molecule has 1 saturated carbocycles. The first-order valence-corrected chi connectivity index (χ1v) is 13.8. The molecule has 194 valence electrons. The number of anilines is 1. The van der Waals surface area contributed by atoms with Gasteiger partial charge in [-0.3, -0.25) is 18.1 Å². The van der Waals surface area contributed by atoms with E-state index in [0.717, 1.165) is 10.0 Å². The normalized spacial score (nSPS) is 20.5. The quantitative estimate of drug-likeness (QED) is 0.223. The first-order valence-electron chi connectivity index (χ1n) is 10.8. The molecule has 0 aliphatic heterocycles. The van der Waals surface area contributed by atoms with Crippen LogP contribution in [0.25, 0.3) is 0 Å². The monoisotopic (exact) mass is 621 g/mol. The smallest absolute Gasteiger partial charge is 0.201 e. The molecule has 1 fully saturated rings. The highest BCUT2D eigenvalue weighted by Gasteiger charge is 2.36. The topological polar surface area (TPSA) is 136 Å². The van der Waals surface area contributed by atoms with Crippen molar-refractivity contribution < 1.29 is 22.5 Å². The minimum atomic E-state index is -3.62. The fraction of sp³-hybridized carbons (Fsp3) is 0.318. The van der Waals surface area contributed by atoms with Gasteiger partial charge >= 0.3 is 0 Å². The maximum atomic E-state index is 14.7. The molecule has 36 heavy (non-hydrogen) atoms. The van der Waals surface area contributed by atoms with Crippen LogP contribution in [0.5, 0.6) is 0 Å². The summed E-state index contributed by atoms with van der Waals surface area (Å²) >= 11 is 12.8. The second kappa shape index (κ2) is 11.3. The molecule has 0 amide bonds. The molecular weight excluding hydrogens is 600 g/mol. The Morgan fingerprint density at radius 3 is 2.81 bits per heavy atom. The molecule has 9 nitrogen and oxygen atoms in total. The summed E-state index contributed by atoms with van der Waals surface area (Å²) in [5, 5.41) is 8.49. The van der Waals surface area contributed by atoms with Gasteiger partial charge in [0, 0.05) is 17.2 Å². The van der Waals surface area contributed by atoms with Crippen molar-refractivity contribution in [2.75, 3.05) is 11.9 Å². The zero-order chi connectivity index (χ0) is 26.0. The zero-order valence-corrected chi connectivity index (χ0v) is 22.6. The molecule has 0 spiro atoms. The van der Waals surface area contributed by atoms with E-state index < -0.39 is 29.1 Å². The maximum Gasteiger partial charge on any atom is 0.201 e. The van der Waals surface area contributed by atoms with Gasteiger partial charge in [0.05, 0.1) is 23.8 Å². The van der Waals surface area contributed by atoms with E-state index in [1.165, 1.54) is 18.6 Å². The molecule has 3 atom stereocenters. The Hall–Kier alpha value is -1.77. The van der Waals surface area contributed by atoms with Crippen molar-refractivity contribution in [2.45, 2.75) is 31.6 Å². The third kappa shape index (κ3) is 6.56. The lowest BCUT2D eigenvalue weighted by atomic mass is 10.1. The Balaban J connectivity index is 1.52. The summed E-state index contributed by atoms with van der Waals surface area (Å²) < 4.78 is 40.4. The van der Waals surface area contributed by atoms with Gasteiger partial charge < -0.3 is 9.88 Å². The summed E-state index contributed by atoms with van der Waals surface area (Å²) in [7, 11) is 0. The number of benzene rings is 1.